The van der Waals surface area contributed by atoms with Crippen molar-refractivity contribution >= 4 is 33.4 Å². The summed E-state index contributed by atoms with van der Waals surface area (Å²) in [5.41, 5.74) is 1.56. The molecule has 1 aromatic carbocycles. The van der Waals surface area contributed by atoms with E-state index >= 15 is 0 Å². The van der Waals surface area contributed by atoms with Gasteiger partial charge in [0.1, 0.15) is 4.48 Å². The second-order valence-corrected chi connectivity index (χ2v) is 5.76. The number of halogens is 1. The molecule has 3 rings (SSSR count). The van der Waals surface area contributed by atoms with Gasteiger partial charge in [0, 0.05) is 24.2 Å². The van der Waals surface area contributed by atoms with Crippen molar-refractivity contribution in [1.29, 1.82) is 0 Å². The van der Waals surface area contributed by atoms with Crippen molar-refractivity contribution < 1.29 is 24.2 Å². The molecule has 1 unspecified atom stereocenters. The van der Waals surface area contributed by atoms with Crippen LogP contribution in [0.1, 0.15) is 15.9 Å². The van der Waals surface area contributed by atoms with Crippen molar-refractivity contribution in [2.24, 2.45) is 0 Å². The number of aliphatic hydroxyl groups excluding tert-OH is 1. The van der Waals surface area contributed by atoms with Gasteiger partial charge in [0.25, 0.3) is 5.91 Å². The zero-order valence-electron chi connectivity index (χ0n) is 11.6. The number of hydrogen-bond acceptors (Lipinski definition) is 5. The molecule has 0 aliphatic carbocycles. The maximum absolute atomic E-state index is 12.3. The lowest BCUT2D eigenvalue weighted by molar-refractivity contribution is -0.149. The summed E-state index contributed by atoms with van der Waals surface area (Å²) < 4.78 is 10.1. The molecule has 1 fully saturated rings. The molecule has 1 N–H and O–H groups in total. The van der Waals surface area contributed by atoms with Gasteiger partial charge in [0.05, 0.1) is 13.2 Å². The Balaban J connectivity index is 1.81. The molecular weight excluding hydrogens is 354 g/mol. The Morgan fingerprint density at radius 1 is 1.23 bits per heavy atom. The van der Waals surface area contributed by atoms with Gasteiger partial charge >= 0.3 is 5.97 Å². The lowest BCUT2D eigenvalue weighted by Crippen LogP contribution is -2.40. The molecule has 0 radical (unpaired) electrons. The number of hydrogen-bond donors (Lipinski definition) is 1. The topological polar surface area (TPSA) is 76.1 Å². The van der Waals surface area contributed by atoms with Crippen LogP contribution in [0.25, 0.3) is 5.57 Å². The minimum Gasteiger partial charge on any atom is -0.427 e. The van der Waals surface area contributed by atoms with Crippen molar-refractivity contribution in [2.45, 2.75) is 6.29 Å². The van der Waals surface area contributed by atoms with Crippen molar-refractivity contribution in [3.8, 4) is 0 Å². The molecule has 2 heterocycles. The average Bonchev–Trinajstić information content (AvgIpc) is 2.80. The van der Waals surface area contributed by atoms with Gasteiger partial charge in [-0.2, -0.15) is 0 Å². The molecule has 22 heavy (non-hydrogen) atoms. The first-order valence-electron chi connectivity index (χ1n) is 6.84. The van der Waals surface area contributed by atoms with E-state index in [0.717, 1.165) is 0 Å². The molecule has 0 spiro atoms. The molecule has 6 nitrogen and oxygen atoms in total. The molecule has 1 atom stereocenters. The van der Waals surface area contributed by atoms with E-state index in [9.17, 15) is 14.7 Å². The van der Waals surface area contributed by atoms with E-state index < -0.39 is 12.3 Å². The molecule has 0 bridgehead atoms. The molecule has 116 valence electrons. The molecular formula is C15H14BrNO5. The summed E-state index contributed by atoms with van der Waals surface area (Å²) in [5.74, 6) is -0.654. The van der Waals surface area contributed by atoms with Crippen molar-refractivity contribution in [2.75, 3.05) is 26.3 Å². The van der Waals surface area contributed by atoms with Gasteiger partial charge in [0.15, 0.2) is 0 Å². The van der Waals surface area contributed by atoms with E-state index in [-0.39, 0.29) is 10.4 Å². The number of carbonyl (C=O) groups is 2. The SMILES string of the molecule is O=C1OC(O)C(c2ccc(C(=O)N3CCOCC3)cc2)=C1Br. The molecule has 2 aliphatic heterocycles. The second kappa shape index (κ2) is 6.20. The highest BCUT2D eigenvalue weighted by molar-refractivity contribution is 9.12. The van der Waals surface area contributed by atoms with Crippen LogP contribution >= 0.6 is 15.9 Å². The van der Waals surface area contributed by atoms with Gasteiger partial charge in [0.2, 0.25) is 6.29 Å². The van der Waals surface area contributed by atoms with Crippen LogP contribution < -0.4 is 0 Å². The number of nitrogens with zero attached hydrogens (tertiary/aromatic N) is 1. The van der Waals surface area contributed by atoms with Crippen LogP contribution in [0.3, 0.4) is 0 Å². The number of benzene rings is 1. The highest BCUT2D eigenvalue weighted by Crippen LogP contribution is 2.33. The molecule has 1 saturated heterocycles. The molecule has 2 aliphatic rings. The molecule has 1 aromatic rings. The standard InChI is InChI=1S/C15H14BrNO5/c16-12-11(14(19)22-15(12)20)9-1-3-10(4-2-9)13(18)17-5-7-21-8-6-17/h1-4,14,19H,5-8H2. The van der Waals surface area contributed by atoms with E-state index in [2.05, 4.69) is 15.9 Å². The van der Waals surface area contributed by atoms with Gasteiger partial charge in [-0.1, -0.05) is 12.1 Å². The lowest BCUT2D eigenvalue weighted by atomic mass is 10.0. The van der Waals surface area contributed by atoms with E-state index in [1.807, 2.05) is 0 Å². The third-order valence-electron chi connectivity index (χ3n) is 3.62. The Morgan fingerprint density at radius 3 is 2.41 bits per heavy atom. The Bertz CT molecular complexity index is 634. The van der Waals surface area contributed by atoms with E-state index in [1.165, 1.54) is 0 Å². The number of amides is 1. The normalized spacial score (nSPS) is 22.0. The Kier molecular flexibility index (Phi) is 4.28. The average molecular weight is 368 g/mol. The predicted octanol–water partition coefficient (Wildman–Crippen LogP) is 1.14. The van der Waals surface area contributed by atoms with Crippen molar-refractivity contribution in [1.82, 2.24) is 4.90 Å². The fourth-order valence-corrected chi connectivity index (χ4v) is 2.96. The van der Waals surface area contributed by atoms with Gasteiger partial charge in [-0.25, -0.2) is 4.79 Å². The van der Waals surface area contributed by atoms with Crippen LogP contribution in [-0.2, 0) is 14.3 Å². The Hall–Kier alpha value is -1.70. The van der Waals surface area contributed by atoms with E-state index in [1.54, 1.807) is 29.2 Å². The van der Waals surface area contributed by atoms with Crippen LogP contribution in [0.2, 0.25) is 0 Å². The first kappa shape index (κ1) is 15.2. The molecule has 0 aromatic heterocycles. The largest absolute Gasteiger partial charge is 0.427 e. The molecule has 1 amide bonds. The number of morpholine rings is 1. The highest BCUT2D eigenvalue weighted by Gasteiger charge is 2.32. The zero-order valence-corrected chi connectivity index (χ0v) is 13.2. The minimum absolute atomic E-state index is 0.0535. The van der Waals surface area contributed by atoms with Gasteiger partial charge in [-0.15, -0.1) is 0 Å². The number of esters is 1. The maximum Gasteiger partial charge on any atom is 0.348 e. The van der Waals surface area contributed by atoms with Crippen LogP contribution in [0.15, 0.2) is 28.7 Å². The lowest BCUT2D eigenvalue weighted by Gasteiger charge is -2.26. The van der Waals surface area contributed by atoms with Crippen LogP contribution in [0.5, 0.6) is 0 Å². The van der Waals surface area contributed by atoms with Gasteiger partial charge in [-0.3, -0.25) is 4.79 Å². The third-order valence-corrected chi connectivity index (χ3v) is 4.37. The quantitative estimate of drug-likeness (QED) is 0.793. The monoisotopic (exact) mass is 367 g/mol. The maximum atomic E-state index is 12.3. The number of ether oxygens (including phenoxy) is 2. The summed E-state index contributed by atoms with van der Waals surface area (Å²) in [4.78, 5) is 25.5. The number of aliphatic hydroxyl groups is 1. The summed E-state index contributed by atoms with van der Waals surface area (Å²) >= 11 is 3.11. The summed E-state index contributed by atoms with van der Waals surface area (Å²) in [6.45, 7) is 2.27. The Morgan fingerprint density at radius 2 is 1.86 bits per heavy atom. The smallest absolute Gasteiger partial charge is 0.348 e. The fraction of sp³-hybridized carbons (Fsp3) is 0.333. The second-order valence-electron chi connectivity index (χ2n) is 4.97. The van der Waals surface area contributed by atoms with E-state index in [0.29, 0.717) is 43.0 Å². The van der Waals surface area contributed by atoms with Crippen LogP contribution in [0, 0.1) is 0 Å². The van der Waals surface area contributed by atoms with Crippen LogP contribution in [0.4, 0.5) is 0 Å². The minimum atomic E-state index is -1.29. The molecule has 7 heteroatoms. The van der Waals surface area contributed by atoms with Crippen molar-refractivity contribution in [3.63, 3.8) is 0 Å². The van der Waals surface area contributed by atoms with Crippen LogP contribution in [-0.4, -0.2) is 54.5 Å². The summed E-state index contributed by atoms with van der Waals surface area (Å²) in [5, 5.41) is 9.75. The highest BCUT2D eigenvalue weighted by atomic mass is 79.9. The Labute approximate surface area is 135 Å². The van der Waals surface area contributed by atoms with Crippen molar-refractivity contribution in [3.05, 3.63) is 39.9 Å². The first-order chi connectivity index (χ1) is 10.6. The third kappa shape index (κ3) is 2.79. The number of carbonyl (C=O) groups excluding carboxylic acids is 2. The van der Waals surface area contributed by atoms with Gasteiger partial charge < -0.3 is 19.5 Å². The predicted molar refractivity (Wildman–Crippen MR) is 81.1 cm³/mol. The van der Waals surface area contributed by atoms with Gasteiger partial charge in [-0.05, 0) is 33.6 Å². The zero-order chi connectivity index (χ0) is 15.7. The number of cyclic esters (lactones) is 1. The first-order valence-corrected chi connectivity index (χ1v) is 7.63. The fourth-order valence-electron chi connectivity index (χ4n) is 2.44. The molecule has 0 saturated carbocycles. The summed E-state index contributed by atoms with van der Waals surface area (Å²) in [6, 6.07) is 6.73. The number of rotatable bonds is 2. The summed E-state index contributed by atoms with van der Waals surface area (Å²) in [6.07, 6.45) is -1.29. The van der Waals surface area contributed by atoms with E-state index in [4.69, 9.17) is 9.47 Å². The summed E-state index contributed by atoms with van der Waals surface area (Å²) in [7, 11) is 0.